The Morgan fingerprint density at radius 3 is 2.44 bits per heavy atom. The molecule has 4 rings (SSSR count). The number of aryl methyl sites for hydroxylation is 1. The van der Waals surface area contributed by atoms with E-state index in [2.05, 4.69) is 19.1 Å². The van der Waals surface area contributed by atoms with E-state index in [1.165, 1.54) is 30.4 Å². The predicted molar refractivity (Wildman–Crippen MR) is 111 cm³/mol. The largest absolute Gasteiger partial charge is 0.348 e. The van der Waals surface area contributed by atoms with Crippen molar-refractivity contribution in [1.29, 1.82) is 0 Å². The minimum atomic E-state index is -1.15. The lowest BCUT2D eigenvalue weighted by atomic mass is 9.92. The highest BCUT2D eigenvalue weighted by Crippen LogP contribution is 2.37. The van der Waals surface area contributed by atoms with Crippen molar-refractivity contribution in [2.45, 2.75) is 61.3 Å². The number of nitrogens with zero attached hydrogens (tertiary/aromatic N) is 1. The Hall–Kier alpha value is -1.78. The van der Waals surface area contributed by atoms with Crippen LogP contribution < -0.4 is 0 Å². The van der Waals surface area contributed by atoms with Crippen molar-refractivity contribution in [3.63, 3.8) is 0 Å². The Balaban J connectivity index is 1.64. The maximum atomic E-state index is 13.5. The van der Waals surface area contributed by atoms with E-state index < -0.39 is 10.8 Å². The summed E-state index contributed by atoms with van der Waals surface area (Å²) in [6.07, 6.45) is 6.30. The first-order valence-corrected chi connectivity index (χ1v) is 11.1. The van der Waals surface area contributed by atoms with Gasteiger partial charge in [-0.15, -0.1) is 0 Å². The molecule has 1 spiro atoms. The molecule has 4 heteroatoms. The lowest BCUT2D eigenvalue weighted by molar-refractivity contribution is -0.0286. The van der Waals surface area contributed by atoms with Crippen molar-refractivity contribution in [2.24, 2.45) is 4.99 Å². The van der Waals surface area contributed by atoms with Crippen LogP contribution in [0.15, 0.2) is 64.5 Å². The molecule has 1 saturated carbocycles. The zero-order chi connectivity index (χ0) is 18.7. The summed E-state index contributed by atoms with van der Waals surface area (Å²) in [5.41, 5.74) is 2.99. The fraction of sp³-hybridized carbons (Fsp3) is 0.435. The van der Waals surface area contributed by atoms with E-state index in [1.54, 1.807) is 0 Å². The number of ether oxygens (including phenoxy) is 1. The van der Waals surface area contributed by atoms with Gasteiger partial charge in [-0.2, -0.15) is 0 Å². The molecule has 27 heavy (non-hydrogen) atoms. The molecule has 1 aliphatic heterocycles. The molecule has 2 aromatic carbocycles. The average molecular weight is 382 g/mol. The smallest absolute Gasteiger partial charge is 0.159 e. The molecular weight excluding hydrogens is 354 g/mol. The van der Waals surface area contributed by atoms with Gasteiger partial charge in [0.1, 0.15) is 0 Å². The Labute approximate surface area is 164 Å². The standard InChI is InChI=1S/C23H27NO2S/c1-18-10-12-20(13-11-18)27(25)22(16-19-8-4-2-5-9-19)21-17-26-23(24-21)14-6-3-7-15-23/h2,4-5,8-13,22H,3,6-7,14-17H2,1H3. The summed E-state index contributed by atoms with van der Waals surface area (Å²) in [5.74, 6) is 0. The number of hydrogen-bond acceptors (Lipinski definition) is 3. The summed E-state index contributed by atoms with van der Waals surface area (Å²) in [5, 5.41) is -0.142. The minimum absolute atomic E-state index is 0.142. The summed E-state index contributed by atoms with van der Waals surface area (Å²) in [7, 11) is -1.15. The van der Waals surface area contributed by atoms with Crippen LogP contribution in [0.5, 0.6) is 0 Å². The van der Waals surface area contributed by atoms with Gasteiger partial charge in [0.25, 0.3) is 0 Å². The predicted octanol–water partition coefficient (Wildman–Crippen LogP) is 4.85. The van der Waals surface area contributed by atoms with E-state index >= 15 is 0 Å². The van der Waals surface area contributed by atoms with Crippen molar-refractivity contribution in [3.8, 4) is 0 Å². The molecule has 0 saturated heterocycles. The van der Waals surface area contributed by atoms with Crippen molar-refractivity contribution in [3.05, 3.63) is 65.7 Å². The van der Waals surface area contributed by atoms with Crippen LogP contribution in [0.2, 0.25) is 0 Å². The number of hydrogen-bond donors (Lipinski definition) is 0. The van der Waals surface area contributed by atoms with Gasteiger partial charge in [-0.3, -0.25) is 9.20 Å². The van der Waals surface area contributed by atoms with Crippen molar-refractivity contribution in [1.82, 2.24) is 0 Å². The average Bonchev–Trinajstić information content (AvgIpc) is 3.10. The Kier molecular flexibility index (Phi) is 5.55. The maximum absolute atomic E-state index is 13.5. The van der Waals surface area contributed by atoms with Crippen molar-refractivity contribution >= 4 is 16.5 Å². The first kappa shape index (κ1) is 18.6. The normalized spacial score (nSPS) is 21.0. The second-order valence-corrected chi connectivity index (χ2v) is 9.32. The van der Waals surface area contributed by atoms with Crippen LogP contribution in [0.3, 0.4) is 0 Å². The maximum Gasteiger partial charge on any atom is 0.159 e. The second kappa shape index (κ2) is 8.07. The third kappa shape index (κ3) is 4.22. The number of rotatable bonds is 5. The van der Waals surface area contributed by atoms with Gasteiger partial charge in [0, 0.05) is 4.90 Å². The van der Waals surface area contributed by atoms with E-state index in [1.807, 2.05) is 42.5 Å². The molecule has 0 bridgehead atoms. The van der Waals surface area contributed by atoms with Crippen LogP contribution in [-0.4, -0.2) is 27.5 Å². The Bertz CT molecular complexity index is 823. The minimum Gasteiger partial charge on any atom is -0.348 e. The molecule has 3 nitrogen and oxygen atoms in total. The van der Waals surface area contributed by atoms with Gasteiger partial charge in [0.2, 0.25) is 0 Å². The Morgan fingerprint density at radius 1 is 1.04 bits per heavy atom. The summed E-state index contributed by atoms with van der Waals surface area (Å²) >= 11 is 0. The van der Waals surface area contributed by atoms with E-state index in [4.69, 9.17) is 9.73 Å². The van der Waals surface area contributed by atoms with Crippen LogP contribution in [0.1, 0.15) is 43.2 Å². The molecule has 2 aliphatic rings. The van der Waals surface area contributed by atoms with Crippen LogP contribution in [-0.2, 0) is 22.0 Å². The first-order chi connectivity index (χ1) is 13.2. The van der Waals surface area contributed by atoms with Gasteiger partial charge in [0.05, 0.1) is 28.4 Å². The highest BCUT2D eigenvalue weighted by molar-refractivity contribution is 7.86. The molecular formula is C23H27NO2S. The van der Waals surface area contributed by atoms with Gasteiger partial charge in [0.15, 0.2) is 5.72 Å². The van der Waals surface area contributed by atoms with Crippen LogP contribution in [0, 0.1) is 6.92 Å². The molecule has 2 atom stereocenters. The molecule has 0 N–H and O–H groups in total. The quantitative estimate of drug-likeness (QED) is 0.743. The van der Waals surface area contributed by atoms with Crippen molar-refractivity contribution in [2.75, 3.05) is 6.61 Å². The van der Waals surface area contributed by atoms with Crippen molar-refractivity contribution < 1.29 is 8.95 Å². The third-order valence-electron chi connectivity index (χ3n) is 5.62. The zero-order valence-electron chi connectivity index (χ0n) is 15.9. The molecule has 0 radical (unpaired) electrons. The molecule has 1 aliphatic carbocycles. The molecule has 2 unspecified atom stereocenters. The van der Waals surface area contributed by atoms with Crippen LogP contribution in [0.25, 0.3) is 0 Å². The van der Waals surface area contributed by atoms with Gasteiger partial charge < -0.3 is 4.74 Å². The summed E-state index contributed by atoms with van der Waals surface area (Å²) in [6, 6.07) is 18.3. The number of benzene rings is 2. The van der Waals surface area contributed by atoms with E-state index in [-0.39, 0.29) is 11.0 Å². The molecule has 142 valence electrons. The summed E-state index contributed by atoms with van der Waals surface area (Å²) in [6.45, 7) is 2.56. The molecule has 2 aromatic rings. The first-order valence-electron chi connectivity index (χ1n) is 9.89. The molecule has 1 heterocycles. The fourth-order valence-corrected chi connectivity index (χ4v) is 5.49. The van der Waals surface area contributed by atoms with Gasteiger partial charge in [-0.1, -0.05) is 54.4 Å². The Morgan fingerprint density at radius 2 is 1.74 bits per heavy atom. The fourth-order valence-electron chi connectivity index (χ4n) is 4.04. The summed E-state index contributed by atoms with van der Waals surface area (Å²) < 4.78 is 19.7. The van der Waals surface area contributed by atoms with Crippen LogP contribution in [0.4, 0.5) is 0 Å². The topological polar surface area (TPSA) is 38.7 Å². The van der Waals surface area contributed by atoms with Gasteiger partial charge in [-0.05, 0) is 56.7 Å². The highest BCUT2D eigenvalue weighted by atomic mass is 32.2. The molecule has 0 amide bonds. The van der Waals surface area contributed by atoms with Gasteiger partial charge >= 0.3 is 0 Å². The SMILES string of the molecule is Cc1ccc(S(=O)C(Cc2ccccc2)C2=NC3(CCCCC3)OC2)cc1. The number of aliphatic imine (C=N–C) groups is 1. The third-order valence-corrected chi connectivity index (χ3v) is 7.31. The van der Waals surface area contributed by atoms with E-state index in [9.17, 15) is 4.21 Å². The lowest BCUT2D eigenvalue weighted by Crippen LogP contribution is -2.30. The monoisotopic (exact) mass is 381 g/mol. The second-order valence-electron chi connectivity index (χ2n) is 7.69. The van der Waals surface area contributed by atoms with E-state index in [0.717, 1.165) is 29.9 Å². The molecule has 1 fully saturated rings. The summed E-state index contributed by atoms with van der Waals surface area (Å²) in [4.78, 5) is 5.91. The van der Waals surface area contributed by atoms with Crippen LogP contribution >= 0.6 is 0 Å². The van der Waals surface area contributed by atoms with E-state index in [0.29, 0.717) is 6.61 Å². The molecule has 0 aromatic heterocycles. The lowest BCUT2D eigenvalue weighted by Gasteiger charge is -2.29. The highest BCUT2D eigenvalue weighted by Gasteiger charge is 2.40. The zero-order valence-corrected chi connectivity index (χ0v) is 16.7. The van der Waals surface area contributed by atoms with Gasteiger partial charge in [-0.25, -0.2) is 0 Å².